The summed E-state index contributed by atoms with van der Waals surface area (Å²) < 4.78 is 10.5. The Balaban J connectivity index is 1.77. The van der Waals surface area contributed by atoms with Crippen molar-refractivity contribution in [2.75, 3.05) is 27.3 Å². The van der Waals surface area contributed by atoms with Crippen LogP contribution in [-0.4, -0.2) is 45.4 Å². The van der Waals surface area contributed by atoms with Crippen LogP contribution in [-0.2, 0) is 16.0 Å². The number of nitrogens with one attached hydrogen (secondary N) is 2. The van der Waals surface area contributed by atoms with Crippen molar-refractivity contribution in [3.05, 3.63) is 29.8 Å². The number of para-hydroxylation sites is 1. The second-order valence-corrected chi connectivity index (χ2v) is 4.91. The highest BCUT2D eigenvalue weighted by Gasteiger charge is 2.28. The van der Waals surface area contributed by atoms with Gasteiger partial charge in [-0.25, -0.2) is 0 Å². The summed E-state index contributed by atoms with van der Waals surface area (Å²) in [5.41, 5.74) is 1.10. The number of carbonyl (C=O) groups is 1. The van der Waals surface area contributed by atoms with E-state index in [-0.39, 0.29) is 18.1 Å². The minimum Gasteiger partial charge on any atom is -0.496 e. The number of amides is 1. The molecule has 2 atom stereocenters. The molecule has 1 aliphatic rings. The van der Waals surface area contributed by atoms with Crippen molar-refractivity contribution in [1.29, 1.82) is 0 Å². The van der Waals surface area contributed by atoms with Gasteiger partial charge in [-0.3, -0.25) is 4.79 Å². The Bertz CT molecular complexity index is 450. The first-order chi connectivity index (χ1) is 9.74. The summed E-state index contributed by atoms with van der Waals surface area (Å²) in [6.45, 7) is 1.34. The van der Waals surface area contributed by atoms with Crippen molar-refractivity contribution < 1.29 is 14.3 Å². The van der Waals surface area contributed by atoms with Crippen molar-refractivity contribution in [3.63, 3.8) is 0 Å². The fourth-order valence-corrected chi connectivity index (χ4v) is 2.44. The summed E-state index contributed by atoms with van der Waals surface area (Å²) in [6.07, 6.45) is 1.63. The average Bonchev–Trinajstić information content (AvgIpc) is 2.96. The summed E-state index contributed by atoms with van der Waals surface area (Å²) >= 11 is 0. The molecule has 1 amide bonds. The first-order valence-corrected chi connectivity index (χ1v) is 6.90. The van der Waals surface area contributed by atoms with Crippen molar-refractivity contribution in [3.8, 4) is 5.75 Å². The highest BCUT2D eigenvalue weighted by Crippen LogP contribution is 2.17. The van der Waals surface area contributed by atoms with Crippen LogP contribution in [0.1, 0.15) is 12.0 Å². The molecular weight excluding hydrogens is 256 g/mol. The molecule has 0 radical (unpaired) electrons. The lowest BCUT2D eigenvalue weighted by atomic mass is 10.1. The predicted octanol–water partition coefficient (Wildman–Crippen LogP) is 0.731. The number of hydrogen-bond donors (Lipinski definition) is 2. The van der Waals surface area contributed by atoms with E-state index in [0.717, 1.165) is 30.7 Å². The Morgan fingerprint density at radius 1 is 1.40 bits per heavy atom. The Labute approximate surface area is 119 Å². The van der Waals surface area contributed by atoms with Crippen LogP contribution in [0.25, 0.3) is 0 Å². The number of ether oxygens (including phenoxy) is 2. The lowest BCUT2D eigenvalue weighted by Gasteiger charge is -2.12. The molecular formula is C15H22N2O3. The molecule has 0 saturated carbocycles. The van der Waals surface area contributed by atoms with E-state index < -0.39 is 0 Å². The zero-order chi connectivity index (χ0) is 14.4. The third kappa shape index (κ3) is 3.71. The van der Waals surface area contributed by atoms with Gasteiger partial charge < -0.3 is 20.1 Å². The van der Waals surface area contributed by atoms with Gasteiger partial charge >= 0.3 is 0 Å². The van der Waals surface area contributed by atoms with Crippen LogP contribution in [0.5, 0.6) is 5.75 Å². The zero-order valence-corrected chi connectivity index (χ0v) is 12.0. The number of carbonyl (C=O) groups excluding carboxylic acids is 1. The molecule has 110 valence electrons. The molecule has 0 aliphatic carbocycles. The van der Waals surface area contributed by atoms with Crippen molar-refractivity contribution in [1.82, 2.24) is 10.6 Å². The van der Waals surface area contributed by atoms with Gasteiger partial charge in [0.1, 0.15) is 5.75 Å². The van der Waals surface area contributed by atoms with E-state index >= 15 is 0 Å². The number of hydrogen-bond acceptors (Lipinski definition) is 4. The van der Waals surface area contributed by atoms with Gasteiger partial charge in [0.15, 0.2) is 0 Å². The SMILES string of the molecule is COc1ccccc1CCNC(=O)C1CC(OC)CN1. The molecule has 1 fully saturated rings. The van der Waals surface area contributed by atoms with Crippen LogP contribution < -0.4 is 15.4 Å². The molecule has 2 rings (SSSR count). The highest BCUT2D eigenvalue weighted by molar-refractivity contribution is 5.82. The van der Waals surface area contributed by atoms with E-state index in [4.69, 9.17) is 9.47 Å². The molecule has 1 saturated heterocycles. The maximum Gasteiger partial charge on any atom is 0.237 e. The summed E-state index contributed by atoms with van der Waals surface area (Å²) in [7, 11) is 3.33. The second-order valence-electron chi connectivity index (χ2n) is 4.91. The van der Waals surface area contributed by atoms with Gasteiger partial charge in [-0.1, -0.05) is 18.2 Å². The Kier molecular flexibility index (Phi) is 5.38. The van der Waals surface area contributed by atoms with Crippen molar-refractivity contribution >= 4 is 5.91 Å². The molecule has 2 unspecified atom stereocenters. The second kappa shape index (κ2) is 7.26. The fraction of sp³-hybridized carbons (Fsp3) is 0.533. The van der Waals surface area contributed by atoms with Gasteiger partial charge in [-0.2, -0.15) is 0 Å². The first kappa shape index (κ1) is 14.8. The Morgan fingerprint density at radius 3 is 2.90 bits per heavy atom. The molecule has 1 aromatic rings. The first-order valence-electron chi connectivity index (χ1n) is 6.90. The zero-order valence-electron chi connectivity index (χ0n) is 12.0. The molecule has 5 nitrogen and oxygen atoms in total. The van der Waals surface area contributed by atoms with E-state index in [9.17, 15) is 4.79 Å². The van der Waals surface area contributed by atoms with E-state index in [1.54, 1.807) is 14.2 Å². The molecule has 20 heavy (non-hydrogen) atoms. The molecule has 1 heterocycles. The van der Waals surface area contributed by atoms with Crippen LogP contribution in [0.4, 0.5) is 0 Å². The minimum atomic E-state index is -0.141. The molecule has 1 aliphatic heterocycles. The largest absolute Gasteiger partial charge is 0.496 e. The molecule has 0 bridgehead atoms. The smallest absolute Gasteiger partial charge is 0.237 e. The Hall–Kier alpha value is -1.59. The van der Waals surface area contributed by atoms with Gasteiger partial charge in [0.05, 0.1) is 19.3 Å². The van der Waals surface area contributed by atoms with Gasteiger partial charge in [0.2, 0.25) is 5.91 Å². The summed E-state index contributed by atoms with van der Waals surface area (Å²) in [6, 6.07) is 7.71. The standard InChI is InChI=1S/C15H22N2O3/c1-19-12-9-13(17-10-12)15(18)16-8-7-11-5-3-4-6-14(11)20-2/h3-6,12-13,17H,7-10H2,1-2H3,(H,16,18). The average molecular weight is 278 g/mol. The topological polar surface area (TPSA) is 59.6 Å². The summed E-state index contributed by atoms with van der Waals surface area (Å²) in [5, 5.41) is 6.12. The quantitative estimate of drug-likeness (QED) is 0.805. The number of rotatable bonds is 6. The van der Waals surface area contributed by atoms with E-state index in [0.29, 0.717) is 6.54 Å². The molecule has 5 heteroatoms. The van der Waals surface area contributed by atoms with E-state index in [1.165, 1.54) is 0 Å². The van der Waals surface area contributed by atoms with Crippen LogP contribution in [0.2, 0.25) is 0 Å². The van der Waals surface area contributed by atoms with Crippen LogP contribution in [0.15, 0.2) is 24.3 Å². The highest BCUT2D eigenvalue weighted by atomic mass is 16.5. The van der Waals surface area contributed by atoms with Crippen molar-refractivity contribution in [2.24, 2.45) is 0 Å². The third-order valence-electron chi connectivity index (χ3n) is 3.63. The van der Waals surface area contributed by atoms with E-state index in [2.05, 4.69) is 10.6 Å². The van der Waals surface area contributed by atoms with Crippen LogP contribution in [0.3, 0.4) is 0 Å². The number of methoxy groups -OCH3 is 2. The van der Waals surface area contributed by atoms with Crippen molar-refractivity contribution in [2.45, 2.75) is 25.0 Å². The minimum absolute atomic E-state index is 0.0412. The monoisotopic (exact) mass is 278 g/mol. The lowest BCUT2D eigenvalue weighted by Crippen LogP contribution is -2.41. The van der Waals surface area contributed by atoms with Gasteiger partial charge in [0.25, 0.3) is 0 Å². The summed E-state index contributed by atoms with van der Waals surface area (Å²) in [4.78, 5) is 12.0. The molecule has 0 aromatic heterocycles. The Morgan fingerprint density at radius 2 is 2.20 bits per heavy atom. The van der Waals surface area contributed by atoms with Gasteiger partial charge in [-0.15, -0.1) is 0 Å². The maximum atomic E-state index is 12.0. The molecule has 1 aromatic carbocycles. The van der Waals surface area contributed by atoms with Gasteiger partial charge in [0, 0.05) is 20.2 Å². The fourth-order valence-electron chi connectivity index (χ4n) is 2.44. The summed E-state index contributed by atoms with van der Waals surface area (Å²) in [5.74, 6) is 0.902. The third-order valence-corrected chi connectivity index (χ3v) is 3.63. The molecule has 0 spiro atoms. The van der Waals surface area contributed by atoms with Crippen LogP contribution in [0, 0.1) is 0 Å². The predicted molar refractivity (Wildman–Crippen MR) is 76.9 cm³/mol. The maximum absolute atomic E-state index is 12.0. The lowest BCUT2D eigenvalue weighted by molar-refractivity contribution is -0.122. The normalized spacial score (nSPS) is 21.7. The number of benzene rings is 1. The van der Waals surface area contributed by atoms with Crippen LogP contribution >= 0.6 is 0 Å². The van der Waals surface area contributed by atoms with Gasteiger partial charge in [-0.05, 0) is 24.5 Å². The molecule has 2 N–H and O–H groups in total. The van der Waals surface area contributed by atoms with E-state index in [1.807, 2.05) is 24.3 Å².